The zero-order chi connectivity index (χ0) is 13.7. The number of hydrogen-bond acceptors (Lipinski definition) is 1. The van der Waals surface area contributed by atoms with E-state index >= 15 is 0 Å². The molecule has 0 heterocycles. The van der Waals surface area contributed by atoms with E-state index in [1.807, 2.05) is 48.5 Å². The van der Waals surface area contributed by atoms with Gasteiger partial charge in [0.15, 0.2) is 5.78 Å². The van der Waals surface area contributed by atoms with Gasteiger partial charge in [-0.1, -0.05) is 61.0 Å². The number of halogens is 1. The average molecular weight is 271 g/mol. The van der Waals surface area contributed by atoms with Gasteiger partial charge in [-0.25, -0.2) is 0 Å². The van der Waals surface area contributed by atoms with Crippen LogP contribution in [0.5, 0.6) is 0 Å². The smallest absolute Gasteiger partial charge is 0.185 e. The Morgan fingerprint density at radius 1 is 1.05 bits per heavy atom. The Hall–Kier alpha value is -1.86. The molecule has 0 spiro atoms. The van der Waals surface area contributed by atoms with E-state index in [9.17, 15) is 4.79 Å². The standard InChI is InChI=1S/C17H15ClO/c1-2-13-3-8-15(9-4-13)17(19)12-7-14-5-10-16(18)11-6-14/h3-12H,2H2,1H3/b12-7+. The first-order valence-electron chi connectivity index (χ1n) is 6.26. The summed E-state index contributed by atoms with van der Waals surface area (Å²) in [5.74, 6) is 0.0117. The number of hydrogen-bond donors (Lipinski definition) is 0. The maximum Gasteiger partial charge on any atom is 0.185 e. The zero-order valence-electron chi connectivity index (χ0n) is 10.8. The molecule has 0 atom stereocenters. The summed E-state index contributed by atoms with van der Waals surface area (Å²) in [4.78, 5) is 12.0. The molecule has 0 aliphatic rings. The monoisotopic (exact) mass is 270 g/mol. The van der Waals surface area contributed by atoms with Crippen molar-refractivity contribution in [2.24, 2.45) is 0 Å². The van der Waals surface area contributed by atoms with Crippen molar-refractivity contribution in [3.63, 3.8) is 0 Å². The van der Waals surface area contributed by atoms with Gasteiger partial charge >= 0.3 is 0 Å². The van der Waals surface area contributed by atoms with Crippen LogP contribution in [0.25, 0.3) is 6.08 Å². The second-order valence-electron chi connectivity index (χ2n) is 4.30. The molecule has 0 aliphatic carbocycles. The molecule has 0 N–H and O–H groups in total. The Bertz CT molecular complexity index is 580. The number of aryl methyl sites for hydroxylation is 1. The molecule has 0 saturated carbocycles. The molecule has 2 aromatic rings. The van der Waals surface area contributed by atoms with Crippen molar-refractivity contribution in [2.75, 3.05) is 0 Å². The highest BCUT2D eigenvalue weighted by Gasteiger charge is 2.01. The first-order chi connectivity index (χ1) is 9.19. The quantitative estimate of drug-likeness (QED) is 0.576. The maximum absolute atomic E-state index is 12.0. The summed E-state index contributed by atoms with van der Waals surface area (Å²) >= 11 is 5.81. The first kappa shape index (κ1) is 13.6. The van der Waals surface area contributed by atoms with E-state index in [0.29, 0.717) is 10.6 Å². The van der Waals surface area contributed by atoms with Crippen molar-refractivity contribution in [2.45, 2.75) is 13.3 Å². The van der Waals surface area contributed by atoms with Gasteiger partial charge in [0.2, 0.25) is 0 Å². The van der Waals surface area contributed by atoms with Crippen LogP contribution in [0.4, 0.5) is 0 Å². The van der Waals surface area contributed by atoms with Crippen LogP contribution in [-0.2, 0) is 6.42 Å². The van der Waals surface area contributed by atoms with E-state index in [1.165, 1.54) is 5.56 Å². The number of carbonyl (C=O) groups excluding carboxylic acids is 1. The molecule has 0 unspecified atom stereocenters. The van der Waals surface area contributed by atoms with Crippen molar-refractivity contribution in [3.05, 3.63) is 76.3 Å². The van der Waals surface area contributed by atoms with Crippen LogP contribution in [0.1, 0.15) is 28.4 Å². The lowest BCUT2D eigenvalue weighted by atomic mass is 10.1. The predicted molar refractivity (Wildman–Crippen MR) is 80.6 cm³/mol. The van der Waals surface area contributed by atoms with Crippen molar-refractivity contribution in [1.29, 1.82) is 0 Å². The molecule has 0 saturated heterocycles. The first-order valence-corrected chi connectivity index (χ1v) is 6.64. The van der Waals surface area contributed by atoms with Crippen LogP contribution in [0.15, 0.2) is 54.6 Å². The van der Waals surface area contributed by atoms with E-state index in [4.69, 9.17) is 11.6 Å². The number of allylic oxidation sites excluding steroid dienone is 1. The van der Waals surface area contributed by atoms with Crippen molar-refractivity contribution >= 4 is 23.5 Å². The molecule has 0 bridgehead atoms. The molecule has 0 amide bonds. The van der Waals surface area contributed by atoms with Gasteiger partial charge < -0.3 is 0 Å². The number of rotatable bonds is 4. The van der Waals surface area contributed by atoms with E-state index in [-0.39, 0.29) is 5.78 Å². The Balaban J connectivity index is 2.09. The lowest BCUT2D eigenvalue weighted by Gasteiger charge is -1.99. The van der Waals surface area contributed by atoms with E-state index in [1.54, 1.807) is 12.2 Å². The fraction of sp³-hybridized carbons (Fsp3) is 0.118. The Labute approximate surface area is 118 Å². The van der Waals surface area contributed by atoms with Crippen LogP contribution in [0, 0.1) is 0 Å². The van der Waals surface area contributed by atoms with Gasteiger partial charge in [-0.2, -0.15) is 0 Å². The minimum atomic E-state index is 0.0117. The highest BCUT2D eigenvalue weighted by molar-refractivity contribution is 6.30. The SMILES string of the molecule is CCc1ccc(C(=O)/C=C/c2ccc(Cl)cc2)cc1. The Kier molecular flexibility index (Phi) is 4.53. The largest absolute Gasteiger partial charge is 0.289 e. The van der Waals surface area contributed by atoms with Crippen LogP contribution < -0.4 is 0 Å². The molecule has 0 radical (unpaired) electrons. The molecule has 96 valence electrons. The van der Waals surface area contributed by atoms with Crippen molar-refractivity contribution in [1.82, 2.24) is 0 Å². The third kappa shape index (κ3) is 3.80. The van der Waals surface area contributed by atoms with Gasteiger partial charge in [0, 0.05) is 10.6 Å². The molecule has 0 aliphatic heterocycles. The summed E-state index contributed by atoms with van der Waals surface area (Å²) in [5, 5.41) is 0.693. The van der Waals surface area contributed by atoms with E-state index in [2.05, 4.69) is 6.92 Å². The van der Waals surface area contributed by atoms with Crippen LogP contribution in [0.3, 0.4) is 0 Å². The Morgan fingerprint density at radius 2 is 1.68 bits per heavy atom. The number of carbonyl (C=O) groups is 1. The highest BCUT2D eigenvalue weighted by atomic mass is 35.5. The van der Waals surface area contributed by atoms with Crippen LogP contribution in [-0.4, -0.2) is 5.78 Å². The molecule has 2 heteroatoms. The normalized spacial score (nSPS) is 10.8. The predicted octanol–water partition coefficient (Wildman–Crippen LogP) is 4.80. The Morgan fingerprint density at radius 3 is 2.26 bits per heavy atom. The third-order valence-electron chi connectivity index (χ3n) is 2.94. The fourth-order valence-electron chi connectivity index (χ4n) is 1.75. The molecule has 2 rings (SSSR count). The zero-order valence-corrected chi connectivity index (χ0v) is 11.5. The summed E-state index contributed by atoms with van der Waals surface area (Å²) in [6.07, 6.45) is 4.37. The van der Waals surface area contributed by atoms with Gasteiger partial charge in [0.05, 0.1) is 0 Å². The number of ketones is 1. The lowest BCUT2D eigenvalue weighted by molar-refractivity contribution is 0.104. The van der Waals surface area contributed by atoms with Gasteiger partial charge in [-0.05, 0) is 35.8 Å². The molecule has 2 aromatic carbocycles. The fourth-order valence-corrected chi connectivity index (χ4v) is 1.87. The summed E-state index contributed by atoms with van der Waals surface area (Å²) < 4.78 is 0. The summed E-state index contributed by atoms with van der Waals surface area (Å²) in [7, 11) is 0. The lowest BCUT2D eigenvalue weighted by Crippen LogP contribution is -1.94. The topological polar surface area (TPSA) is 17.1 Å². The van der Waals surface area contributed by atoms with Gasteiger partial charge in [0.1, 0.15) is 0 Å². The summed E-state index contributed by atoms with van der Waals surface area (Å²) in [6.45, 7) is 2.09. The maximum atomic E-state index is 12.0. The van der Waals surface area contributed by atoms with Crippen LogP contribution in [0.2, 0.25) is 5.02 Å². The summed E-state index contributed by atoms with van der Waals surface area (Å²) in [6, 6.07) is 15.1. The minimum Gasteiger partial charge on any atom is -0.289 e. The molecule has 1 nitrogen and oxygen atoms in total. The molecule has 0 aromatic heterocycles. The van der Waals surface area contributed by atoms with Gasteiger partial charge in [-0.15, -0.1) is 0 Å². The minimum absolute atomic E-state index is 0.0117. The third-order valence-corrected chi connectivity index (χ3v) is 3.20. The van der Waals surface area contributed by atoms with E-state index in [0.717, 1.165) is 12.0 Å². The van der Waals surface area contributed by atoms with Gasteiger partial charge in [-0.3, -0.25) is 4.79 Å². The van der Waals surface area contributed by atoms with Gasteiger partial charge in [0.25, 0.3) is 0 Å². The average Bonchev–Trinajstić information content (AvgIpc) is 2.46. The second kappa shape index (κ2) is 6.35. The van der Waals surface area contributed by atoms with E-state index < -0.39 is 0 Å². The summed E-state index contributed by atoms with van der Waals surface area (Å²) in [5.41, 5.74) is 2.91. The highest BCUT2D eigenvalue weighted by Crippen LogP contribution is 2.12. The van der Waals surface area contributed by atoms with Crippen molar-refractivity contribution < 1.29 is 4.79 Å². The molecular formula is C17H15ClO. The molecular weight excluding hydrogens is 256 g/mol. The molecule has 19 heavy (non-hydrogen) atoms. The number of benzene rings is 2. The second-order valence-corrected chi connectivity index (χ2v) is 4.74. The van der Waals surface area contributed by atoms with Crippen molar-refractivity contribution in [3.8, 4) is 0 Å². The molecule has 0 fully saturated rings. The van der Waals surface area contributed by atoms with Crippen LogP contribution >= 0.6 is 11.6 Å².